The van der Waals surface area contributed by atoms with Crippen LogP contribution in [0, 0.1) is 5.92 Å². The fraction of sp³-hybridized carbons (Fsp3) is 0.923. The van der Waals surface area contributed by atoms with Gasteiger partial charge >= 0.3 is 0 Å². The molecule has 0 radical (unpaired) electrons. The minimum absolute atomic E-state index is 0. The maximum Gasteiger partial charge on any atom is 0.188 e. The Morgan fingerprint density at radius 3 is 2.67 bits per heavy atom. The van der Waals surface area contributed by atoms with Gasteiger partial charge in [-0.1, -0.05) is 13.3 Å². The summed E-state index contributed by atoms with van der Waals surface area (Å²) in [6.07, 6.45) is 5.20. The van der Waals surface area contributed by atoms with Gasteiger partial charge in [0.1, 0.15) is 0 Å². The first-order valence-corrected chi connectivity index (χ1v) is 6.87. The van der Waals surface area contributed by atoms with E-state index in [1.807, 2.05) is 0 Å². The van der Waals surface area contributed by atoms with Gasteiger partial charge in [-0.2, -0.15) is 0 Å². The van der Waals surface area contributed by atoms with Crippen molar-refractivity contribution in [1.82, 2.24) is 10.2 Å². The lowest BCUT2D eigenvalue weighted by molar-refractivity contribution is 0.256. The second kappa shape index (κ2) is 9.83. The number of hydrogen-bond acceptors (Lipinski definition) is 2. The fourth-order valence-electron chi connectivity index (χ4n) is 1.85. The lowest BCUT2D eigenvalue weighted by Gasteiger charge is -2.24. The van der Waals surface area contributed by atoms with Gasteiger partial charge in [0.15, 0.2) is 5.96 Å². The number of nitrogens with one attached hydrogen (secondary N) is 1. The first kappa shape index (κ1) is 18.0. The molecule has 18 heavy (non-hydrogen) atoms. The zero-order chi connectivity index (χ0) is 12.7. The Morgan fingerprint density at radius 2 is 2.17 bits per heavy atom. The molecule has 0 heterocycles. The van der Waals surface area contributed by atoms with Crippen molar-refractivity contribution in [2.45, 2.75) is 45.6 Å². The molecule has 0 bridgehead atoms. The second-order valence-electron chi connectivity index (χ2n) is 5.19. The third kappa shape index (κ3) is 6.78. The molecule has 1 aliphatic rings. The van der Waals surface area contributed by atoms with Crippen LogP contribution in [0.4, 0.5) is 0 Å². The number of nitrogens with two attached hydrogens (primary N) is 1. The van der Waals surface area contributed by atoms with Gasteiger partial charge in [0.2, 0.25) is 0 Å². The molecule has 1 fully saturated rings. The van der Waals surface area contributed by atoms with Gasteiger partial charge in [-0.15, -0.1) is 24.0 Å². The number of nitrogens with zero attached hydrogens (tertiary/aromatic N) is 2. The zero-order valence-electron chi connectivity index (χ0n) is 12.0. The van der Waals surface area contributed by atoms with E-state index in [-0.39, 0.29) is 24.0 Å². The minimum Gasteiger partial charge on any atom is -0.370 e. The van der Waals surface area contributed by atoms with E-state index >= 15 is 0 Å². The topological polar surface area (TPSA) is 53.6 Å². The predicted octanol–water partition coefficient (Wildman–Crippen LogP) is 2.04. The van der Waals surface area contributed by atoms with Crippen LogP contribution in [-0.2, 0) is 0 Å². The Balaban J connectivity index is 0.00000289. The van der Waals surface area contributed by atoms with Crippen molar-refractivity contribution >= 4 is 29.9 Å². The number of rotatable bonds is 7. The number of halogens is 1. The lowest BCUT2D eigenvalue weighted by atomic mass is 9.86. The fourth-order valence-corrected chi connectivity index (χ4v) is 1.85. The maximum absolute atomic E-state index is 5.82. The van der Waals surface area contributed by atoms with Crippen molar-refractivity contribution < 1.29 is 0 Å². The number of likely N-dealkylation sites (N-methyl/N-ethyl adjacent to an activating group) is 1. The summed E-state index contributed by atoms with van der Waals surface area (Å²) in [6, 6.07) is 0.630. The van der Waals surface area contributed by atoms with Crippen LogP contribution in [0.3, 0.4) is 0 Å². The zero-order valence-corrected chi connectivity index (χ0v) is 14.3. The molecule has 0 aromatic rings. The van der Waals surface area contributed by atoms with Crippen LogP contribution in [0.1, 0.15) is 39.5 Å². The molecular weight excluding hydrogens is 339 g/mol. The molecule has 1 atom stereocenters. The highest BCUT2D eigenvalue weighted by Gasteiger charge is 2.16. The van der Waals surface area contributed by atoms with Crippen LogP contribution < -0.4 is 11.1 Å². The largest absolute Gasteiger partial charge is 0.370 e. The van der Waals surface area contributed by atoms with Crippen LogP contribution >= 0.6 is 24.0 Å². The van der Waals surface area contributed by atoms with E-state index in [9.17, 15) is 0 Å². The van der Waals surface area contributed by atoms with E-state index in [2.05, 4.69) is 36.1 Å². The van der Waals surface area contributed by atoms with Crippen molar-refractivity contribution in [2.75, 3.05) is 26.7 Å². The molecule has 0 spiro atoms. The van der Waals surface area contributed by atoms with Gasteiger partial charge in [-0.3, -0.25) is 4.99 Å². The predicted molar refractivity (Wildman–Crippen MR) is 89.6 cm³/mol. The maximum atomic E-state index is 5.82. The average Bonchev–Trinajstić information content (AvgIpc) is 2.25. The Morgan fingerprint density at radius 1 is 1.50 bits per heavy atom. The molecule has 0 aromatic carbocycles. The summed E-state index contributed by atoms with van der Waals surface area (Å²) in [5, 5.41) is 3.18. The van der Waals surface area contributed by atoms with Gasteiger partial charge in [-0.05, 0) is 39.2 Å². The van der Waals surface area contributed by atoms with E-state index in [1.54, 1.807) is 0 Å². The smallest absolute Gasteiger partial charge is 0.188 e. The molecule has 0 saturated heterocycles. The molecule has 0 amide bonds. The summed E-state index contributed by atoms with van der Waals surface area (Å²) in [6.45, 7) is 7.24. The number of aliphatic imine (C=N–C) groups is 1. The van der Waals surface area contributed by atoms with Gasteiger partial charge in [0, 0.05) is 25.7 Å². The lowest BCUT2D eigenvalue weighted by Crippen LogP contribution is -2.40. The van der Waals surface area contributed by atoms with Crippen molar-refractivity contribution in [3.05, 3.63) is 0 Å². The summed E-state index contributed by atoms with van der Waals surface area (Å²) < 4.78 is 0. The van der Waals surface area contributed by atoms with Gasteiger partial charge in [-0.25, -0.2) is 0 Å². The number of guanidine groups is 1. The van der Waals surface area contributed by atoms with E-state index in [4.69, 9.17) is 5.73 Å². The Labute approximate surface area is 129 Å². The summed E-state index contributed by atoms with van der Waals surface area (Å²) in [7, 11) is 2.15. The first-order valence-electron chi connectivity index (χ1n) is 6.87. The SMILES string of the molecule is CCC(C)N(C)CCNC(N)=NCC1CCC1.I. The second-order valence-corrected chi connectivity index (χ2v) is 5.19. The van der Waals surface area contributed by atoms with Crippen molar-refractivity contribution in [3.63, 3.8) is 0 Å². The highest BCUT2D eigenvalue weighted by atomic mass is 127. The van der Waals surface area contributed by atoms with Crippen LogP contribution in [0.5, 0.6) is 0 Å². The Kier molecular flexibility index (Phi) is 9.81. The molecule has 108 valence electrons. The molecule has 4 nitrogen and oxygen atoms in total. The van der Waals surface area contributed by atoms with Crippen LogP contribution in [0.15, 0.2) is 4.99 Å². The number of hydrogen-bond donors (Lipinski definition) is 2. The van der Waals surface area contributed by atoms with E-state index in [1.165, 1.54) is 25.7 Å². The molecule has 3 N–H and O–H groups in total. The summed E-state index contributed by atoms with van der Waals surface area (Å²) in [4.78, 5) is 6.71. The van der Waals surface area contributed by atoms with E-state index < -0.39 is 0 Å². The van der Waals surface area contributed by atoms with E-state index in [0.717, 1.165) is 25.6 Å². The third-order valence-corrected chi connectivity index (χ3v) is 3.86. The van der Waals surface area contributed by atoms with Crippen molar-refractivity contribution in [1.29, 1.82) is 0 Å². The quantitative estimate of drug-likeness (QED) is 0.411. The summed E-state index contributed by atoms with van der Waals surface area (Å²) in [5.74, 6) is 1.40. The third-order valence-electron chi connectivity index (χ3n) is 3.86. The molecule has 1 saturated carbocycles. The van der Waals surface area contributed by atoms with Gasteiger partial charge in [0.25, 0.3) is 0 Å². The average molecular weight is 368 g/mol. The van der Waals surface area contributed by atoms with Crippen LogP contribution in [0.25, 0.3) is 0 Å². The first-order chi connectivity index (χ1) is 8.13. The van der Waals surface area contributed by atoms with Gasteiger partial charge < -0.3 is 16.0 Å². The van der Waals surface area contributed by atoms with Gasteiger partial charge in [0.05, 0.1) is 0 Å². The standard InChI is InChI=1S/C13H28N4.HI/c1-4-11(2)17(3)9-8-15-13(14)16-10-12-6-5-7-12;/h11-12H,4-10H2,1-3H3,(H3,14,15,16);1H. The molecule has 1 unspecified atom stereocenters. The summed E-state index contributed by atoms with van der Waals surface area (Å²) in [5.41, 5.74) is 5.82. The highest BCUT2D eigenvalue weighted by Crippen LogP contribution is 2.26. The molecule has 0 aliphatic heterocycles. The minimum atomic E-state index is 0. The molecular formula is C13H29IN4. The molecule has 1 aliphatic carbocycles. The summed E-state index contributed by atoms with van der Waals surface area (Å²) >= 11 is 0. The normalized spacial score (nSPS) is 18.1. The Hall–Kier alpha value is -0.0400. The Bertz CT molecular complexity index is 241. The monoisotopic (exact) mass is 368 g/mol. The van der Waals surface area contributed by atoms with Crippen LogP contribution in [-0.4, -0.2) is 43.6 Å². The molecule has 5 heteroatoms. The van der Waals surface area contributed by atoms with E-state index in [0.29, 0.717) is 12.0 Å². The van der Waals surface area contributed by atoms with Crippen LogP contribution in [0.2, 0.25) is 0 Å². The van der Waals surface area contributed by atoms with Crippen molar-refractivity contribution in [3.8, 4) is 0 Å². The molecule has 1 rings (SSSR count). The van der Waals surface area contributed by atoms with Crippen molar-refractivity contribution in [2.24, 2.45) is 16.6 Å². The molecule has 0 aromatic heterocycles. The highest BCUT2D eigenvalue weighted by molar-refractivity contribution is 14.0.